The van der Waals surface area contributed by atoms with Crippen molar-refractivity contribution in [2.45, 2.75) is 83.7 Å². The zero-order valence-electron chi connectivity index (χ0n) is 24.0. The number of nitrogens with one attached hydrogen (secondary N) is 1. The zero-order valence-corrected chi connectivity index (χ0v) is 25.6. The third-order valence-electron chi connectivity index (χ3n) is 7.96. The average Bonchev–Trinajstić information content (AvgIpc) is 2.91. The number of likely N-dealkylation sites (tertiary alicyclic amines) is 1. The Balaban J connectivity index is 0.00000441. The first-order valence-electron chi connectivity index (χ1n) is 14.7. The summed E-state index contributed by atoms with van der Waals surface area (Å²) in [4.78, 5) is 18.0. The molecule has 40 heavy (non-hydrogen) atoms. The topological polar surface area (TPSA) is 79.0 Å². The van der Waals surface area contributed by atoms with E-state index in [1.165, 1.54) is 37.7 Å². The van der Waals surface area contributed by atoms with Crippen molar-refractivity contribution >= 4 is 34.0 Å². The maximum Gasteiger partial charge on any atom is 0.229 e. The summed E-state index contributed by atoms with van der Waals surface area (Å²) in [6.45, 7) is 5.99. The smallest absolute Gasteiger partial charge is 0.229 e. The van der Waals surface area contributed by atoms with Crippen LogP contribution >= 0.6 is 12.4 Å². The number of sulfonamides is 1. The van der Waals surface area contributed by atoms with E-state index >= 15 is 0 Å². The molecule has 2 fully saturated rings. The van der Waals surface area contributed by atoms with Crippen molar-refractivity contribution in [1.82, 2.24) is 9.80 Å². The van der Waals surface area contributed by atoms with Crippen molar-refractivity contribution in [1.29, 1.82) is 0 Å². The predicted molar refractivity (Wildman–Crippen MR) is 165 cm³/mol. The van der Waals surface area contributed by atoms with E-state index in [0.717, 1.165) is 64.5 Å². The van der Waals surface area contributed by atoms with Gasteiger partial charge in [0.15, 0.2) is 0 Å². The van der Waals surface area contributed by atoms with Crippen LogP contribution in [0.2, 0.25) is 0 Å². The quantitative estimate of drug-likeness (QED) is 0.292. The Morgan fingerprint density at radius 1 is 1.00 bits per heavy atom. The van der Waals surface area contributed by atoms with Crippen molar-refractivity contribution in [2.24, 2.45) is 5.92 Å². The van der Waals surface area contributed by atoms with Crippen LogP contribution in [-0.2, 0) is 21.4 Å². The van der Waals surface area contributed by atoms with Crippen molar-refractivity contribution in [3.8, 4) is 11.5 Å². The average molecular weight is 592 g/mol. The van der Waals surface area contributed by atoms with Gasteiger partial charge in [-0.15, -0.1) is 12.4 Å². The van der Waals surface area contributed by atoms with E-state index < -0.39 is 10.0 Å². The standard InChI is InChI=1S/C31H45N3O4S.ClH/c1-3-4-19-34(31(35)22-25-9-6-5-7-10-25)28-17-20-33(21-18-28)24-26-13-15-29(16-14-26)38-30-12-8-11-27(23-30)32-39(2,36)37;/h8,11-16,23,25,28,32H,3-7,9-10,17-22,24H2,1-2H3;1H. The molecule has 0 atom stereocenters. The lowest BCUT2D eigenvalue weighted by atomic mass is 9.86. The van der Waals surface area contributed by atoms with Crippen LogP contribution in [0.15, 0.2) is 48.5 Å². The highest BCUT2D eigenvalue weighted by molar-refractivity contribution is 7.92. The van der Waals surface area contributed by atoms with E-state index in [1.54, 1.807) is 24.3 Å². The molecule has 1 saturated carbocycles. The van der Waals surface area contributed by atoms with E-state index in [0.29, 0.717) is 35.1 Å². The minimum absolute atomic E-state index is 0. The van der Waals surface area contributed by atoms with Crippen molar-refractivity contribution in [2.75, 3.05) is 30.6 Å². The highest BCUT2D eigenvalue weighted by atomic mass is 35.5. The summed E-state index contributed by atoms with van der Waals surface area (Å²) in [6, 6.07) is 15.4. The summed E-state index contributed by atoms with van der Waals surface area (Å²) < 4.78 is 31.4. The number of carbonyl (C=O) groups is 1. The molecule has 7 nitrogen and oxygen atoms in total. The molecule has 4 rings (SSSR count). The monoisotopic (exact) mass is 591 g/mol. The number of hydrogen-bond acceptors (Lipinski definition) is 5. The van der Waals surface area contributed by atoms with Crippen LogP contribution < -0.4 is 9.46 Å². The molecular formula is C31H46ClN3O4S. The van der Waals surface area contributed by atoms with Gasteiger partial charge >= 0.3 is 0 Å². The van der Waals surface area contributed by atoms with E-state index in [9.17, 15) is 13.2 Å². The van der Waals surface area contributed by atoms with Gasteiger partial charge in [-0.25, -0.2) is 8.42 Å². The Morgan fingerprint density at radius 2 is 1.70 bits per heavy atom. The Morgan fingerprint density at radius 3 is 2.35 bits per heavy atom. The Bertz CT molecular complexity index is 1160. The number of benzene rings is 2. The van der Waals surface area contributed by atoms with Gasteiger partial charge < -0.3 is 9.64 Å². The zero-order chi connectivity index (χ0) is 27.7. The van der Waals surface area contributed by atoms with Crippen LogP contribution in [0.1, 0.15) is 76.7 Å². The lowest BCUT2D eigenvalue weighted by Gasteiger charge is -2.39. The second kappa shape index (κ2) is 15.6. The lowest BCUT2D eigenvalue weighted by molar-refractivity contribution is -0.136. The molecule has 2 aliphatic rings. The molecule has 1 heterocycles. The van der Waals surface area contributed by atoms with Gasteiger partial charge in [0, 0.05) is 44.7 Å². The van der Waals surface area contributed by atoms with Gasteiger partial charge in [-0.1, -0.05) is 50.8 Å². The second-order valence-electron chi connectivity index (χ2n) is 11.3. The molecule has 1 aliphatic heterocycles. The summed E-state index contributed by atoms with van der Waals surface area (Å²) in [6.07, 6.45) is 12.5. The third-order valence-corrected chi connectivity index (χ3v) is 8.57. The minimum atomic E-state index is -3.34. The Kier molecular flexibility index (Phi) is 12.6. The molecule has 2 aromatic rings. The van der Waals surface area contributed by atoms with Crippen molar-refractivity contribution < 1.29 is 17.9 Å². The van der Waals surface area contributed by atoms with Gasteiger partial charge in [-0.05, 0) is 67.9 Å². The molecule has 0 unspecified atom stereocenters. The molecule has 222 valence electrons. The van der Waals surface area contributed by atoms with Gasteiger partial charge in [0.25, 0.3) is 0 Å². The maximum atomic E-state index is 13.3. The number of amides is 1. The predicted octanol–water partition coefficient (Wildman–Crippen LogP) is 6.84. The van der Waals surface area contributed by atoms with E-state index in [-0.39, 0.29) is 12.4 Å². The molecule has 1 saturated heterocycles. The SMILES string of the molecule is CCCCN(C(=O)CC1CCCCC1)C1CCN(Cc2ccc(Oc3cccc(NS(C)(=O)=O)c3)cc2)CC1.Cl. The number of piperidine rings is 1. The van der Waals surface area contributed by atoms with Crippen LogP contribution in [0, 0.1) is 5.92 Å². The normalized spacial score (nSPS) is 17.1. The molecule has 0 radical (unpaired) electrons. The summed E-state index contributed by atoms with van der Waals surface area (Å²) in [5.41, 5.74) is 1.70. The van der Waals surface area contributed by atoms with Crippen LogP contribution in [0.4, 0.5) is 5.69 Å². The van der Waals surface area contributed by atoms with Crippen LogP contribution in [0.25, 0.3) is 0 Å². The van der Waals surface area contributed by atoms with Crippen molar-refractivity contribution in [3.05, 3.63) is 54.1 Å². The van der Waals surface area contributed by atoms with Crippen molar-refractivity contribution in [3.63, 3.8) is 0 Å². The largest absolute Gasteiger partial charge is 0.457 e. The lowest BCUT2D eigenvalue weighted by Crippen LogP contribution is -2.48. The number of halogens is 1. The fraction of sp³-hybridized carbons (Fsp3) is 0.581. The molecule has 0 bridgehead atoms. The second-order valence-corrected chi connectivity index (χ2v) is 13.1. The molecule has 9 heteroatoms. The molecule has 1 N–H and O–H groups in total. The molecule has 1 aliphatic carbocycles. The number of rotatable bonds is 12. The fourth-order valence-corrected chi connectivity index (χ4v) is 6.43. The first-order valence-corrected chi connectivity index (χ1v) is 16.5. The molecule has 0 spiro atoms. The number of nitrogens with zero attached hydrogens (tertiary/aromatic N) is 2. The first-order chi connectivity index (χ1) is 18.8. The molecule has 1 amide bonds. The number of ether oxygens (including phenoxy) is 1. The molecule has 2 aromatic carbocycles. The number of anilines is 1. The van der Waals surface area contributed by atoms with E-state index in [2.05, 4.69) is 33.6 Å². The minimum Gasteiger partial charge on any atom is -0.457 e. The van der Waals surface area contributed by atoms with E-state index in [1.807, 2.05) is 12.1 Å². The summed E-state index contributed by atoms with van der Waals surface area (Å²) in [5.74, 6) is 2.26. The molecule has 0 aromatic heterocycles. The Hall–Kier alpha value is -2.29. The van der Waals surface area contributed by atoms with Crippen LogP contribution in [0.3, 0.4) is 0 Å². The number of hydrogen-bond donors (Lipinski definition) is 1. The Labute approximate surface area is 247 Å². The first kappa shape index (κ1) is 32.2. The number of unbranched alkanes of at least 4 members (excludes halogenated alkanes) is 1. The fourth-order valence-electron chi connectivity index (χ4n) is 5.88. The summed E-state index contributed by atoms with van der Waals surface area (Å²) >= 11 is 0. The summed E-state index contributed by atoms with van der Waals surface area (Å²) in [7, 11) is -3.34. The third kappa shape index (κ3) is 10.3. The highest BCUT2D eigenvalue weighted by Gasteiger charge is 2.29. The van der Waals surface area contributed by atoms with Crippen LogP contribution in [0.5, 0.6) is 11.5 Å². The van der Waals surface area contributed by atoms with Gasteiger partial charge in [-0.2, -0.15) is 0 Å². The van der Waals surface area contributed by atoms with Gasteiger partial charge in [-0.3, -0.25) is 14.4 Å². The number of carbonyl (C=O) groups excluding carboxylic acids is 1. The highest BCUT2D eigenvalue weighted by Crippen LogP contribution is 2.29. The van der Waals surface area contributed by atoms with Gasteiger partial charge in [0.05, 0.1) is 11.9 Å². The maximum absolute atomic E-state index is 13.3. The van der Waals surface area contributed by atoms with Crippen LogP contribution in [-0.4, -0.2) is 56.1 Å². The summed E-state index contributed by atoms with van der Waals surface area (Å²) in [5, 5.41) is 0. The van der Waals surface area contributed by atoms with E-state index in [4.69, 9.17) is 4.74 Å². The molecular weight excluding hydrogens is 546 g/mol. The van der Waals surface area contributed by atoms with Gasteiger partial charge in [0.2, 0.25) is 15.9 Å². The van der Waals surface area contributed by atoms with Gasteiger partial charge in [0.1, 0.15) is 11.5 Å².